The van der Waals surface area contributed by atoms with Crippen molar-refractivity contribution in [1.82, 2.24) is 10.5 Å². The van der Waals surface area contributed by atoms with Gasteiger partial charge in [-0.3, -0.25) is 0 Å². The lowest BCUT2D eigenvalue weighted by molar-refractivity contribution is -0.0504. The molecule has 2 rings (SSSR count). The molecule has 13 heavy (non-hydrogen) atoms. The Morgan fingerprint density at radius 2 is 2.46 bits per heavy atom. The minimum absolute atomic E-state index is 0.0314. The summed E-state index contributed by atoms with van der Waals surface area (Å²) in [5.41, 5.74) is 1.11. The third-order valence-corrected chi connectivity index (χ3v) is 2.69. The van der Waals surface area contributed by atoms with Crippen LogP contribution in [0.15, 0.2) is 10.7 Å². The van der Waals surface area contributed by atoms with Gasteiger partial charge in [0.2, 0.25) is 0 Å². The Bertz CT molecular complexity index is 286. The van der Waals surface area contributed by atoms with Crippen molar-refractivity contribution >= 4 is 0 Å². The number of ether oxygens (including phenoxy) is 1. The minimum Gasteiger partial charge on any atom is -0.375 e. The van der Waals surface area contributed by atoms with Gasteiger partial charge in [0, 0.05) is 32.2 Å². The van der Waals surface area contributed by atoms with Gasteiger partial charge >= 0.3 is 0 Å². The number of aryl methyl sites for hydroxylation is 1. The maximum absolute atomic E-state index is 5.47. The molecule has 0 atom stereocenters. The lowest BCUT2D eigenvalue weighted by Crippen LogP contribution is -2.61. The van der Waals surface area contributed by atoms with Gasteiger partial charge in [-0.05, 0) is 6.92 Å². The molecule has 1 aliphatic heterocycles. The van der Waals surface area contributed by atoms with Gasteiger partial charge in [0.25, 0.3) is 0 Å². The van der Waals surface area contributed by atoms with Crippen molar-refractivity contribution in [1.29, 1.82) is 0 Å². The quantitative estimate of drug-likeness (QED) is 0.740. The molecule has 0 amide bonds. The van der Waals surface area contributed by atoms with E-state index in [2.05, 4.69) is 10.5 Å². The summed E-state index contributed by atoms with van der Waals surface area (Å²) >= 11 is 0. The second-order valence-electron chi connectivity index (χ2n) is 3.57. The molecule has 2 heterocycles. The summed E-state index contributed by atoms with van der Waals surface area (Å²) in [6, 6.07) is 0. The van der Waals surface area contributed by atoms with Gasteiger partial charge < -0.3 is 14.6 Å². The van der Waals surface area contributed by atoms with Gasteiger partial charge in [0.15, 0.2) is 0 Å². The maximum atomic E-state index is 5.47. The molecule has 1 aromatic rings. The first-order chi connectivity index (χ1) is 6.26. The van der Waals surface area contributed by atoms with Gasteiger partial charge in [0.05, 0.1) is 11.8 Å². The van der Waals surface area contributed by atoms with Crippen LogP contribution in [-0.2, 0) is 11.2 Å². The van der Waals surface area contributed by atoms with E-state index in [4.69, 9.17) is 9.26 Å². The Kier molecular flexibility index (Phi) is 2.09. The largest absolute Gasteiger partial charge is 0.375 e. The molecular weight excluding hydrogens is 168 g/mol. The van der Waals surface area contributed by atoms with Crippen LogP contribution in [0.3, 0.4) is 0 Å². The highest BCUT2D eigenvalue weighted by molar-refractivity contribution is 5.17. The van der Waals surface area contributed by atoms with Crippen LogP contribution in [0.5, 0.6) is 0 Å². The first kappa shape index (κ1) is 8.72. The Balaban J connectivity index is 2.08. The van der Waals surface area contributed by atoms with E-state index < -0.39 is 0 Å². The summed E-state index contributed by atoms with van der Waals surface area (Å²) < 4.78 is 10.5. The predicted octanol–water partition coefficient (Wildman–Crippen LogP) is 0.514. The zero-order valence-corrected chi connectivity index (χ0v) is 7.96. The smallest absolute Gasteiger partial charge is 0.136 e. The summed E-state index contributed by atoms with van der Waals surface area (Å²) in [6.07, 6.45) is 2.65. The van der Waals surface area contributed by atoms with E-state index in [1.807, 2.05) is 6.92 Å². The van der Waals surface area contributed by atoms with E-state index in [0.717, 1.165) is 30.8 Å². The molecule has 0 saturated carbocycles. The summed E-state index contributed by atoms with van der Waals surface area (Å²) in [6.45, 7) is 3.75. The van der Waals surface area contributed by atoms with Crippen LogP contribution >= 0.6 is 0 Å². The van der Waals surface area contributed by atoms with Crippen molar-refractivity contribution in [3.05, 3.63) is 17.5 Å². The summed E-state index contributed by atoms with van der Waals surface area (Å²) in [4.78, 5) is 0. The SMILES string of the molecule is COC1(Cc2cnoc2C)CNC1. The van der Waals surface area contributed by atoms with E-state index in [1.165, 1.54) is 0 Å². The zero-order chi connectivity index (χ0) is 9.31. The van der Waals surface area contributed by atoms with Crippen molar-refractivity contribution in [3.63, 3.8) is 0 Å². The molecule has 0 radical (unpaired) electrons. The number of hydrogen-bond donors (Lipinski definition) is 1. The Labute approximate surface area is 77.2 Å². The maximum Gasteiger partial charge on any atom is 0.136 e. The normalized spacial score (nSPS) is 19.8. The van der Waals surface area contributed by atoms with Crippen LogP contribution in [0.4, 0.5) is 0 Å². The monoisotopic (exact) mass is 182 g/mol. The van der Waals surface area contributed by atoms with Gasteiger partial charge in [-0.1, -0.05) is 5.16 Å². The third-order valence-electron chi connectivity index (χ3n) is 2.69. The molecule has 72 valence electrons. The highest BCUT2D eigenvalue weighted by Crippen LogP contribution is 2.23. The summed E-state index contributed by atoms with van der Waals surface area (Å²) in [5, 5.41) is 6.96. The molecule has 0 aliphatic carbocycles. The van der Waals surface area contributed by atoms with Crippen LogP contribution in [0, 0.1) is 6.92 Å². The molecule has 1 saturated heterocycles. The van der Waals surface area contributed by atoms with Crippen molar-refractivity contribution in [3.8, 4) is 0 Å². The number of methoxy groups -OCH3 is 1. The molecule has 1 aliphatic rings. The second-order valence-corrected chi connectivity index (χ2v) is 3.57. The van der Waals surface area contributed by atoms with E-state index >= 15 is 0 Å². The molecule has 0 bridgehead atoms. The van der Waals surface area contributed by atoms with Crippen molar-refractivity contribution < 1.29 is 9.26 Å². The molecule has 4 heteroatoms. The molecule has 1 aromatic heterocycles. The molecular formula is C9H14N2O2. The van der Waals surface area contributed by atoms with E-state index in [1.54, 1.807) is 13.3 Å². The van der Waals surface area contributed by atoms with Gasteiger partial charge in [-0.15, -0.1) is 0 Å². The lowest BCUT2D eigenvalue weighted by atomic mass is 9.89. The summed E-state index contributed by atoms with van der Waals surface area (Å²) in [5.74, 6) is 0.892. The molecule has 1 N–H and O–H groups in total. The van der Waals surface area contributed by atoms with Gasteiger partial charge in [-0.2, -0.15) is 0 Å². The average Bonchev–Trinajstić information content (AvgIpc) is 2.44. The highest BCUT2D eigenvalue weighted by atomic mass is 16.5. The highest BCUT2D eigenvalue weighted by Gasteiger charge is 2.37. The van der Waals surface area contributed by atoms with Crippen LogP contribution < -0.4 is 5.32 Å². The topological polar surface area (TPSA) is 47.3 Å². The molecule has 1 fully saturated rings. The first-order valence-corrected chi connectivity index (χ1v) is 4.42. The van der Waals surface area contributed by atoms with Crippen LogP contribution in [0.1, 0.15) is 11.3 Å². The summed E-state index contributed by atoms with van der Waals surface area (Å²) in [7, 11) is 1.75. The van der Waals surface area contributed by atoms with Crippen molar-refractivity contribution in [2.45, 2.75) is 18.9 Å². The van der Waals surface area contributed by atoms with Gasteiger partial charge in [-0.25, -0.2) is 0 Å². The molecule has 0 aromatic carbocycles. The fourth-order valence-corrected chi connectivity index (χ4v) is 1.58. The van der Waals surface area contributed by atoms with Crippen molar-refractivity contribution in [2.75, 3.05) is 20.2 Å². The zero-order valence-electron chi connectivity index (χ0n) is 7.96. The first-order valence-electron chi connectivity index (χ1n) is 4.42. The fourth-order valence-electron chi connectivity index (χ4n) is 1.58. The average molecular weight is 182 g/mol. The lowest BCUT2D eigenvalue weighted by Gasteiger charge is -2.41. The number of aromatic nitrogens is 1. The van der Waals surface area contributed by atoms with Crippen LogP contribution in [0.2, 0.25) is 0 Å². The van der Waals surface area contributed by atoms with Gasteiger partial charge in [0.1, 0.15) is 5.76 Å². The molecule has 0 spiro atoms. The third kappa shape index (κ3) is 1.47. The predicted molar refractivity (Wildman–Crippen MR) is 47.6 cm³/mol. The Morgan fingerprint density at radius 1 is 1.69 bits per heavy atom. The number of nitrogens with one attached hydrogen (secondary N) is 1. The fraction of sp³-hybridized carbons (Fsp3) is 0.667. The Hall–Kier alpha value is -0.870. The van der Waals surface area contributed by atoms with Crippen LogP contribution in [-0.4, -0.2) is 31.0 Å². The van der Waals surface area contributed by atoms with Crippen molar-refractivity contribution in [2.24, 2.45) is 0 Å². The minimum atomic E-state index is -0.0314. The standard InChI is InChI=1S/C9H14N2O2/c1-7-8(4-11-13-7)3-9(12-2)5-10-6-9/h4,10H,3,5-6H2,1-2H3. The van der Waals surface area contributed by atoms with E-state index in [0.29, 0.717) is 0 Å². The number of hydrogen-bond acceptors (Lipinski definition) is 4. The van der Waals surface area contributed by atoms with E-state index in [-0.39, 0.29) is 5.60 Å². The second kappa shape index (κ2) is 3.12. The van der Waals surface area contributed by atoms with Crippen LogP contribution in [0.25, 0.3) is 0 Å². The number of rotatable bonds is 3. The Morgan fingerprint density at radius 3 is 2.85 bits per heavy atom. The van der Waals surface area contributed by atoms with E-state index in [9.17, 15) is 0 Å². The number of nitrogens with zero attached hydrogens (tertiary/aromatic N) is 1. The molecule has 4 nitrogen and oxygen atoms in total. The molecule has 0 unspecified atom stereocenters.